The van der Waals surface area contributed by atoms with Crippen LogP contribution in [0.25, 0.3) is 10.9 Å². The normalized spacial score (nSPS) is 10.6. The van der Waals surface area contributed by atoms with Crippen LogP contribution in [0, 0.1) is 0 Å². The van der Waals surface area contributed by atoms with Gasteiger partial charge in [0.15, 0.2) is 0 Å². The van der Waals surface area contributed by atoms with Crippen molar-refractivity contribution in [1.82, 2.24) is 10.2 Å². The number of benzene rings is 1. The number of H-pyrrole nitrogens is 1. The number of fused-ring (bicyclic) bond motifs is 1. The summed E-state index contributed by atoms with van der Waals surface area (Å²) in [6.07, 6.45) is -0.0425. The largest absolute Gasteiger partial charge is 0.481 e. The smallest absolute Gasteiger partial charge is 0.309 e. The number of hydrogen-bond donors (Lipinski definition) is 2. The summed E-state index contributed by atoms with van der Waals surface area (Å²) < 4.78 is 0.861. The molecule has 1 aromatic heterocycles. The molecule has 0 radical (unpaired) electrons. The maximum Gasteiger partial charge on any atom is 0.309 e. The van der Waals surface area contributed by atoms with Crippen LogP contribution in [0.3, 0.4) is 0 Å². The number of nitrogens with one attached hydrogen (secondary N) is 1. The van der Waals surface area contributed by atoms with E-state index >= 15 is 0 Å². The van der Waals surface area contributed by atoms with Crippen LogP contribution in [0.2, 0.25) is 0 Å². The fourth-order valence-electron chi connectivity index (χ4n) is 1.37. The van der Waals surface area contributed by atoms with Gasteiger partial charge in [-0.1, -0.05) is 22.0 Å². The second-order valence-electron chi connectivity index (χ2n) is 2.91. The Bertz CT molecular complexity index is 493. The third-order valence-electron chi connectivity index (χ3n) is 1.93. The Balaban J connectivity index is 2.61. The van der Waals surface area contributed by atoms with E-state index < -0.39 is 5.97 Å². The van der Waals surface area contributed by atoms with Crippen LogP contribution in [0.5, 0.6) is 0 Å². The average molecular weight is 255 g/mol. The van der Waals surface area contributed by atoms with Gasteiger partial charge in [-0.25, -0.2) is 0 Å². The lowest BCUT2D eigenvalue weighted by Gasteiger charge is -1.95. The third kappa shape index (κ3) is 1.50. The fourth-order valence-corrected chi connectivity index (χ4v) is 1.96. The number of rotatable bonds is 2. The first-order valence-electron chi connectivity index (χ1n) is 4.02. The molecule has 5 heteroatoms. The lowest BCUT2D eigenvalue weighted by molar-refractivity contribution is -0.136. The fraction of sp³-hybridized carbons (Fsp3) is 0.111. The zero-order valence-corrected chi connectivity index (χ0v) is 8.71. The second kappa shape index (κ2) is 3.42. The molecule has 0 bridgehead atoms. The van der Waals surface area contributed by atoms with Gasteiger partial charge in [0.2, 0.25) is 0 Å². The van der Waals surface area contributed by atoms with E-state index in [1.165, 1.54) is 0 Å². The molecule has 72 valence electrons. The van der Waals surface area contributed by atoms with Crippen LogP contribution in [0.4, 0.5) is 0 Å². The van der Waals surface area contributed by atoms with E-state index in [-0.39, 0.29) is 6.42 Å². The topological polar surface area (TPSA) is 66.0 Å². The minimum absolute atomic E-state index is 0.0425. The van der Waals surface area contributed by atoms with Crippen LogP contribution < -0.4 is 0 Å². The number of carboxylic acid groups (broad SMARTS) is 1. The van der Waals surface area contributed by atoms with Crippen molar-refractivity contribution < 1.29 is 9.90 Å². The number of hydrogen-bond acceptors (Lipinski definition) is 2. The van der Waals surface area contributed by atoms with Crippen LogP contribution >= 0.6 is 15.9 Å². The van der Waals surface area contributed by atoms with Crippen LogP contribution in [0.15, 0.2) is 22.7 Å². The highest BCUT2D eigenvalue weighted by Crippen LogP contribution is 2.25. The molecule has 2 aromatic rings. The molecule has 0 aliphatic heterocycles. The van der Waals surface area contributed by atoms with E-state index in [1.54, 1.807) is 0 Å². The standard InChI is InChI=1S/C9H7BrN2O2/c10-5-2-1-3-6-9(5)7(12-11-6)4-8(13)14/h1-3H,4H2,(H,11,12)(H,13,14). The molecule has 1 heterocycles. The van der Waals surface area contributed by atoms with Crippen molar-refractivity contribution in [2.24, 2.45) is 0 Å². The second-order valence-corrected chi connectivity index (χ2v) is 3.76. The van der Waals surface area contributed by atoms with Gasteiger partial charge in [0, 0.05) is 9.86 Å². The Kier molecular flexibility index (Phi) is 2.25. The van der Waals surface area contributed by atoms with Gasteiger partial charge in [0.05, 0.1) is 17.6 Å². The summed E-state index contributed by atoms with van der Waals surface area (Å²) in [4.78, 5) is 10.6. The predicted molar refractivity (Wildman–Crippen MR) is 55.1 cm³/mol. The van der Waals surface area contributed by atoms with E-state index in [0.717, 1.165) is 15.4 Å². The van der Waals surface area contributed by atoms with Gasteiger partial charge in [-0.3, -0.25) is 9.89 Å². The summed E-state index contributed by atoms with van der Waals surface area (Å²) in [5.41, 5.74) is 1.40. The van der Waals surface area contributed by atoms with E-state index in [9.17, 15) is 4.79 Å². The van der Waals surface area contributed by atoms with Gasteiger partial charge in [-0.15, -0.1) is 0 Å². The molecule has 0 spiro atoms. The van der Waals surface area contributed by atoms with Crippen molar-refractivity contribution in [3.8, 4) is 0 Å². The van der Waals surface area contributed by atoms with Gasteiger partial charge in [-0.2, -0.15) is 5.10 Å². The molecule has 0 atom stereocenters. The van der Waals surface area contributed by atoms with Crippen molar-refractivity contribution in [1.29, 1.82) is 0 Å². The van der Waals surface area contributed by atoms with Crippen molar-refractivity contribution in [3.05, 3.63) is 28.4 Å². The maximum atomic E-state index is 10.6. The Morgan fingerprint density at radius 2 is 2.36 bits per heavy atom. The lowest BCUT2D eigenvalue weighted by atomic mass is 10.2. The minimum Gasteiger partial charge on any atom is -0.481 e. The number of aromatic amines is 1. The van der Waals surface area contributed by atoms with E-state index in [2.05, 4.69) is 26.1 Å². The Labute approximate surface area is 88.1 Å². The van der Waals surface area contributed by atoms with E-state index in [1.807, 2.05) is 18.2 Å². The van der Waals surface area contributed by atoms with Crippen LogP contribution in [-0.2, 0) is 11.2 Å². The third-order valence-corrected chi connectivity index (χ3v) is 2.59. The quantitative estimate of drug-likeness (QED) is 0.861. The lowest BCUT2D eigenvalue weighted by Crippen LogP contribution is -2.00. The monoisotopic (exact) mass is 254 g/mol. The molecule has 0 fully saturated rings. The van der Waals surface area contributed by atoms with Crippen molar-refractivity contribution in [3.63, 3.8) is 0 Å². The van der Waals surface area contributed by atoms with Gasteiger partial charge < -0.3 is 5.11 Å². The van der Waals surface area contributed by atoms with Crippen LogP contribution in [-0.4, -0.2) is 21.3 Å². The SMILES string of the molecule is O=C(O)Cc1[nH]nc2cccc(Br)c12. The molecule has 2 rings (SSSR count). The summed E-state index contributed by atoms with van der Waals surface area (Å²) in [5.74, 6) is -0.869. The molecule has 2 N–H and O–H groups in total. The maximum absolute atomic E-state index is 10.6. The molecule has 14 heavy (non-hydrogen) atoms. The van der Waals surface area contributed by atoms with E-state index in [0.29, 0.717) is 5.69 Å². The first-order valence-corrected chi connectivity index (χ1v) is 4.81. The van der Waals surface area contributed by atoms with Crippen molar-refractivity contribution >= 4 is 32.8 Å². The highest BCUT2D eigenvalue weighted by Gasteiger charge is 2.10. The Morgan fingerprint density at radius 1 is 1.57 bits per heavy atom. The molecule has 0 unspecified atom stereocenters. The van der Waals surface area contributed by atoms with E-state index in [4.69, 9.17) is 5.11 Å². The summed E-state index contributed by atoms with van der Waals surface area (Å²) in [5, 5.41) is 16.3. The van der Waals surface area contributed by atoms with Gasteiger partial charge >= 0.3 is 5.97 Å². The molecule has 0 aliphatic carbocycles. The average Bonchev–Trinajstić information content (AvgIpc) is 2.49. The molecule has 0 saturated carbocycles. The van der Waals surface area contributed by atoms with Gasteiger partial charge in [-0.05, 0) is 12.1 Å². The van der Waals surface area contributed by atoms with Gasteiger partial charge in [0.1, 0.15) is 0 Å². The van der Waals surface area contributed by atoms with Crippen molar-refractivity contribution in [2.45, 2.75) is 6.42 Å². The number of aromatic nitrogens is 2. The zero-order valence-electron chi connectivity index (χ0n) is 7.12. The number of carbonyl (C=O) groups is 1. The summed E-state index contributed by atoms with van der Waals surface area (Å²) in [7, 11) is 0. The number of carboxylic acids is 1. The molecule has 1 aromatic carbocycles. The predicted octanol–water partition coefficient (Wildman–Crippen LogP) is 1.95. The van der Waals surface area contributed by atoms with Crippen molar-refractivity contribution in [2.75, 3.05) is 0 Å². The first kappa shape index (κ1) is 9.21. The minimum atomic E-state index is -0.869. The zero-order chi connectivity index (χ0) is 10.1. The molecular weight excluding hydrogens is 248 g/mol. The molecule has 0 amide bonds. The van der Waals surface area contributed by atoms with Gasteiger partial charge in [0.25, 0.3) is 0 Å². The summed E-state index contributed by atoms with van der Waals surface area (Å²) >= 11 is 3.36. The molecule has 4 nitrogen and oxygen atoms in total. The number of halogens is 1. The van der Waals surface area contributed by atoms with Crippen LogP contribution in [0.1, 0.15) is 5.69 Å². The summed E-state index contributed by atoms with van der Waals surface area (Å²) in [6, 6.07) is 5.56. The molecule has 0 aliphatic rings. The Morgan fingerprint density at radius 3 is 3.07 bits per heavy atom. The highest BCUT2D eigenvalue weighted by molar-refractivity contribution is 9.10. The number of aliphatic carboxylic acids is 1. The summed E-state index contributed by atoms with van der Waals surface area (Å²) in [6.45, 7) is 0. The molecular formula is C9H7BrN2O2. The highest BCUT2D eigenvalue weighted by atomic mass is 79.9. The Hall–Kier alpha value is -1.36. The molecule has 0 saturated heterocycles. The number of nitrogens with zero attached hydrogens (tertiary/aromatic N) is 1. The first-order chi connectivity index (χ1) is 6.68.